The molecule has 3 rings (SSSR count). The number of primary amides is 1. The van der Waals surface area contributed by atoms with Crippen LogP contribution in [0.2, 0.25) is 10.0 Å². The van der Waals surface area contributed by atoms with Gasteiger partial charge in [0.05, 0.1) is 10.7 Å². The van der Waals surface area contributed by atoms with E-state index in [9.17, 15) is 9.90 Å². The predicted octanol–water partition coefficient (Wildman–Crippen LogP) is 3.96. The predicted molar refractivity (Wildman–Crippen MR) is 93.9 cm³/mol. The van der Waals surface area contributed by atoms with Gasteiger partial charge in [0.25, 0.3) is 5.91 Å². The standard InChI is InChI=1S/C17H13Cl2N3O2/c1-9-15(16(20)24)21-17(13-7-2-10(18)8-14(13)19)22(9)11-3-5-12(23)6-4-11/h2-8,23H,1H3,(H2,20,24). The summed E-state index contributed by atoms with van der Waals surface area (Å²) in [4.78, 5) is 16.1. The summed E-state index contributed by atoms with van der Waals surface area (Å²) in [7, 11) is 0. The molecule has 1 aromatic heterocycles. The van der Waals surface area contributed by atoms with Crippen molar-refractivity contribution in [1.29, 1.82) is 0 Å². The van der Waals surface area contributed by atoms with Crippen molar-refractivity contribution in [3.63, 3.8) is 0 Å². The largest absolute Gasteiger partial charge is 0.508 e. The van der Waals surface area contributed by atoms with Crippen molar-refractivity contribution >= 4 is 29.1 Å². The van der Waals surface area contributed by atoms with E-state index < -0.39 is 5.91 Å². The molecule has 122 valence electrons. The number of phenols is 1. The quantitative estimate of drug-likeness (QED) is 0.740. The van der Waals surface area contributed by atoms with Crippen molar-refractivity contribution in [3.05, 3.63) is 63.9 Å². The maximum Gasteiger partial charge on any atom is 0.269 e. The molecule has 0 saturated carbocycles. The first-order valence-corrected chi connectivity index (χ1v) is 7.78. The number of hydrogen-bond acceptors (Lipinski definition) is 3. The maximum absolute atomic E-state index is 11.7. The maximum atomic E-state index is 11.7. The molecule has 7 heteroatoms. The smallest absolute Gasteiger partial charge is 0.269 e. The molecule has 0 aliphatic carbocycles. The van der Waals surface area contributed by atoms with Crippen LogP contribution in [0.25, 0.3) is 17.1 Å². The Labute approximate surface area is 148 Å². The Kier molecular flexibility index (Phi) is 4.22. The van der Waals surface area contributed by atoms with E-state index >= 15 is 0 Å². The number of aromatic hydroxyl groups is 1. The monoisotopic (exact) mass is 361 g/mol. The number of aromatic nitrogens is 2. The van der Waals surface area contributed by atoms with E-state index in [1.165, 1.54) is 0 Å². The van der Waals surface area contributed by atoms with Crippen molar-refractivity contribution in [3.8, 4) is 22.8 Å². The van der Waals surface area contributed by atoms with Crippen molar-refractivity contribution in [1.82, 2.24) is 9.55 Å². The Bertz CT molecular complexity index is 934. The zero-order valence-electron chi connectivity index (χ0n) is 12.6. The zero-order chi connectivity index (χ0) is 17.4. The first kappa shape index (κ1) is 16.4. The average Bonchev–Trinajstić information content (AvgIpc) is 2.86. The van der Waals surface area contributed by atoms with Gasteiger partial charge in [0, 0.05) is 16.3 Å². The third-order valence-corrected chi connectivity index (χ3v) is 4.17. The highest BCUT2D eigenvalue weighted by molar-refractivity contribution is 6.36. The van der Waals surface area contributed by atoms with Gasteiger partial charge in [-0.1, -0.05) is 23.2 Å². The van der Waals surface area contributed by atoms with Gasteiger partial charge in [-0.05, 0) is 49.4 Å². The molecule has 0 fully saturated rings. The van der Waals surface area contributed by atoms with Crippen LogP contribution in [0.1, 0.15) is 16.2 Å². The van der Waals surface area contributed by atoms with Crippen LogP contribution in [-0.4, -0.2) is 20.6 Å². The van der Waals surface area contributed by atoms with Crippen LogP contribution in [-0.2, 0) is 0 Å². The van der Waals surface area contributed by atoms with Crippen LogP contribution in [0.3, 0.4) is 0 Å². The number of nitrogens with zero attached hydrogens (tertiary/aromatic N) is 2. The fourth-order valence-electron chi connectivity index (χ4n) is 2.50. The topological polar surface area (TPSA) is 81.1 Å². The van der Waals surface area contributed by atoms with Crippen molar-refractivity contribution in [2.45, 2.75) is 6.92 Å². The van der Waals surface area contributed by atoms with E-state index in [0.29, 0.717) is 32.8 Å². The number of rotatable bonds is 3. The second kappa shape index (κ2) is 6.19. The van der Waals surface area contributed by atoms with E-state index in [4.69, 9.17) is 28.9 Å². The molecule has 0 atom stereocenters. The van der Waals surface area contributed by atoms with Crippen molar-refractivity contribution in [2.75, 3.05) is 0 Å². The molecule has 0 spiro atoms. The second-order valence-electron chi connectivity index (χ2n) is 5.21. The molecule has 0 radical (unpaired) electrons. The van der Waals surface area contributed by atoms with E-state index in [1.54, 1.807) is 54.0 Å². The summed E-state index contributed by atoms with van der Waals surface area (Å²) in [5.41, 5.74) is 7.49. The van der Waals surface area contributed by atoms with E-state index in [-0.39, 0.29) is 11.4 Å². The molecule has 24 heavy (non-hydrogen) atoms. The summed E-state index contributed by atoms with van der Waals surface area (Å²) in [5.74, 6) is -0.0252. The molecule has 0 saturated heterocycles. The number of carbonyl (C=O) groups excluding carboxylic acids is 1. The number of halogens is 2. The second-order valence-corrected chi connectivity index (χ2v) is 6.05. The zero-order valence-corrected chi connectivity index (χ0v) is 14.1. The van der Waals surface area contributed by atoms with E-state index in [1.807, 2.05) is 0 Å². The van der Waals surface area contributed by atoms with Crippen LogP contribution in [0, 0.1) is 6.92 Å². The third-order valence-electron chi connectivity index (χ3n) is 3.62. The first-order chi connectivity index (χ1) is 11.4. The lowest BCUT2D eigenvalue weighted by Gasteiger charge is -2.11. The summed E-state index contributed by atoms with van der Waals surface area (Å²) in [6, 6.07) is 11.5. The molecule has 0 unspecified atom stereocenters. The fraction of sp³-hybridized carbons (Fsp3) is 0.0588. The van der Waals surface area contributed by atoms with Crippen LogP contribution >= 0.6 is 23.2 Å². The molecule has 1 amide bonds. The highest BCUT2D eigenvalue weighted by atomic mass is 35.5. The first-order valence-electron chi connectivity index (χ1n) is 7.02. The number of imidazole rings is 1. The highest BCUT2D eigenvalue weighted by Crippen LogP contribution is 2.33. The lowest BCUT2D eigenvalue weighted by atomic mass is 10.2. The Morgan fingerprint density at radius 1 is 1.17 bits per heavy atom. The summed E-state index contributed by atoms with van der Waals surface area (Å²) in [5, 5.41) is 10.4. The van der Waals surface area contributed by atoms with Gasteiger partial charge in [-0.15, -0.1) is 0 Å². The molecule has 5 nitrogen and oxygen atoms in total. The number of nitrogens with two attached hydrogens (primary N) is 1. The van der Waals surface area contributed by atoms with Crippen LogP contribution < -0.4 is 5.73 Å². The van der Waals surface area contributed by atoms with Crippen molar-refractivity contribution < 1.29 is 9.90 Å². The van der Waals surface area contributed by atoms with E-state index in [0.717, 1.165) is 0 Å². The summed E-state index contributed by atoms with van der Waals surface area (Å²) in [6.07, 6.45) is 0. The molecule has 3 N–H and O–H groups in total. The van der Waals surface area contributed by atoms with Gasteiger partial charge < -0.3 is 10.8 Å². The number of benzene rings is 2. The molecule has 0 bridgehead atoms. The Hall–Kier alpha value is -2.50. The normalized spacial score (nSPS) is 10.8. The Morgan fingerprint density at radius 2 is 1.83 bits per heavy atom. The number of hydrogen-bond donors (Lipinski definition) is 2. The van der Waals surface area contributed by atoms with Crippen LogP contribution in [0.4, 0.5) is 0 Å². The molecule has 0 aliphatic heterocycles. The number of phenolic OH excluding ortho intramolecular Hbond substituents is 1. The molecule has 2 aromatic carbocycles. The van der Waals surface area contributed by atoms with Gasteiger partial charge in [0.2, 0.25) is 0 Å². The van der Waals surface area contributed by atoms with Crippen molar-refractivity contribution in [2.24, 2.45) is 5.73 Å². The van der Waals surface area contributed by atoms with Crippen LogP contribution in [0.15, 0.2) is 42.5 Å². The fourth-order valence-corrected chi connectivity index (χ4v) is 3.00. The average molecular weight is 362 g/mol. The van der Waals surface area contributed by atoms with Gasteiger partial charge in [-0.2, -0.15) is 0 Å². The summed E-state index contributed by atoms with van der Waals surface area (Å²) in [6.45, 7) is 1.74. The lowest BCUT2D eigenvalue weighted by Crippen LogP contribution is -2.13. The molecular weight excluding hydrogens is 349 g/mol. The Balaban J connectivity index is 2.30. The van der Waals surface area contributed by atoms with E-state index in [2.05, 4.69) is 4.98 Å². The molecule has 0 aliphatic rings. The minimum atomic E-state index is -0.628. The Morgan fingerprint density at radius 3 is 2.42 bits per heavy atom. The van der Waals surface area contributed by atoms with Crippen LogP contribution in [0.5, 0.6) is 5.75 Å². The minimum absolute atomic E-state index is 0.137. The SMILES string of the molecule is Cc1c(C(N)=O)nc(-c2ccc(Cl)cc2Cl)n1-c1ccc(O)cc1. The van der Waals surface area contributed by atoms with Gasteiger partial charge >= 0.3 is 0 Å². The van der Waals surface area contributed by atoms with Gasteiger partial charge in [0.1, 0.15) is 17.3 Å². The number of amides is 1. The van der Waals surface area contributed by atoms with Gasteiger partial charge in [0.15, 0.2) is 0 Å². The molecule has 1 heterocycles. The summed E-state index contributed by atoms with van der Waals surface area (Å²) < 4.78 is 1.76. The lowest BCUT2D eigenvalue weighted by molar-refractivity contribution is 0.0995. The molecular formula is C17H13Cl2N3O2. The van der Waals surface area contributed by atoms with Gasteiger partial charge in [-0.3, -0.25) is 9.36 Å². The molecule has 3 aromatic rings. The summed E-state index contributed by atoms with van der Waals surface area (Å²) >= 11 is 12.2. The van der Waals surface area contributed by atoms with Gasteiger partial charge in [-0.25, -0.2) is 4.98 Å². The number of carbonyl (C=O) groups is 1. The third kappa shape index (κ3) is 2.84. The highest BCUT2D eigenvalue weighted by Gasteiger charge is 2.21. The minimum Gasteiger partial charge on any atom is -0.508 e.